The maximum absolute atomic E-state index is 11.0. The van der Waals surface area contributed by atoms with E-state index in [-0.39, 0.29) is 5.92 Å². The fourth-order valence-electron chi connectivity index (χ4n) is 3.83. The van der Waals surface area contributed by atoms with Crippen LogP contribution >= 0.6 is 0 Å². The number of aliphatic hydroxyl groups is 2. The fourth-order valence-corrected chi connectivity index (χ4v) is 3.83. The lowest BCUT2D eigenvalue weighted by Crippen LogP contribution is -2.61. The topological polar surface area (TPSA) is 40.5 Å². The summed E-state index contributed by atoms with van der Waals surface area (Å²) in [6, 6.07) is 0.432. The molecule has 0 spiro atoms. The number of hydrogen-bond acceptors (Lipinski definition) is 2. The van der Waals surface area contributed by atoms with Gasteiger partial charge in [-0.1, -0.05) is 38.3 Å². The first-order valence-electron chi connectivity index (χ1n) is 8.15. The number of nitrogens with zero attached hydrogens (tertiary/aromatic N) is 1. The molecule has 3 atom stereocenters. The summed E-state index contributed by atoms with van der Waals surface area (Å²) in [5.74, 6) is 0.220. The molecule has 0 aromatic carbocycles. The van der Waals surface area contributed by atoms with Gasteiger partial charge < -0.3 is 14.7 Å². The minimum atomic E-state index is -0.764. The normalized spacial score (nSPS) is 40.9. The molecule has 1 heterocycles. The Labute approximate surface area is 123 Å². The largest absolute Gasteiger partial charge is 0.386 e. The number of quaternary nitrogens is 1. The molecule has 20 heavy (non-hydrogen) atoms. The molecule has 2 N–H and O–H groups in total. The molecule has 1 saturated carbocycles. The smallest absolute Gasteiger partial charge is 0.0963 e. The Hall–Kier alpha value is -0.380. The van der Waals surface area contributed by atoms with Gasteiger partial charge in [-0.3, -0.25) is 0 Å². The van der Waals surface area contributed by atoms with Gasteiger partial charge in [0.25, 0.3) is 0 Å². The van der Waals surface area contributed by atoms with E-state index in [2.05, 4.69) is 27.9 Å². The van der Waals surface area contributed by atoms with Crippen LogP contribution in [-0.2, 0) is 0 Å². The van der Waals surface area contributed by atoms with Crippen molar-refractivity contribution in [3.05, 3.63) is 12.2 Å². The van der Waals surface area contributed by atoms with Crippen molar-refractivity contribution in [2.24, 2.45) is 5.92 Å². The summed E-state index contributed by atoms with van der Waals surface area (Å²) >= 11 is 0. The first-order chi connectivity index (χ1) is 9.17. The molecular weight excluding hydrogens is 250 g/mol. The summed E-state index contributed by atoms with van der Waals surface area (Å²) in [4.78, 5) is 0. The third-order valence-corrected chi connectivity index (χ3v) is 5.81. The lowest BCUT2D eigenvalue weighted by atomic mass is 9.76. The molecular formula is C17H32NO2+. The summed E-state index contributed by atoms with van der Waals surface area (Å²) < 4.78 is 0.960. The highest BCUT2D eigenvalue weighted by atomic mass is 16.3. The van der Waals surface area contributed by atoms with Crippen molar-refractivity contribution in [1.29, 1.82) is 0 Å². The lowest BCUT2D eigenvalue weighted by Gasteiger charge is -2.49. The zero-order valence-electron chi connectivity index (χ0n) is 13.6. The number of likely N-dealkylation sites (tertiary alicyclic amines) is 1. The van der Waals surface area contributed by atoms with Gasteiger partial charge in [-0.15, -0.1) is 0 Å². The van der Waals surface area contributed by atoms with Crippen molar-refractivity contribution in [2.45, 2.75) is 69.6 Å². The Bertz CT molecular complexity index is 371. The van der Waals surface area contributed by atoms with Crippen LogP contribution in [0.2, 0.25) is 0 Å². The minimum Gasteiger partial charge on any atom is -0.386 e. The summed E-state index contributed by atoms with van der Waals surface area (Å²) in [5, 5.41) is 21.5. The summed E-state index contributed by atoms with van der Waals surface area (Å²) in [6.07, 6.45) is 9.67. The third-order valence-electron chi connectivity index (χ3n) is 5.81. The predicted octanol–water partition coefficient (Wildman–Crippen LogP) is 2.47. The van der Waals surface area contributed by atoms with E-state index in [1.165, 1.54) is 6.42 Å². The van der Waals surface area contributed by atoms with E-state index < -0.39 is 11.2 Å². The van der Waals surface area contributed by atoms with Gasteiger partial charge in [-0.2, -0.15) is 0 Å². The Kier molecular flexibility index (Phi) is 4.35. The Morgan fingerprint density at radius 2 is 1.60 bits per heavy atom. The van der Waals surface area contributed by atoms with Crippen LogP contribution in [0, 0.1) is 5.92 Å². The monoisotopic (exact) mass is 282 g/mol. The molecule has 0 bridgehead atoms. The average Bonchev–Trinajstić information content (AvgIpc) is 2.35. The van der Waals surface area contributed by atoms with Crippen molar-refractivity contribution < 1.29 is 14.7 Å². The third kappa shape index (κ3) is 3.26. The van der Waals surface area contributed by atoms with E-state index in [9.17, 15) is 10.2 Å². The predicted molar refractivity (Wildman–Crippen MR) is 82.3 cm³/mol. The second-order valence-corrected chi connectivity index (χ2v) is 7.90. The molecule has 2 fully saturated rings. The van der Waals surface area contributed by atoms with Crippen LogP contribution in [0.1, 0.15) is 52.4 Å². The molecule has 1 aliphatic carbocycles. The van der Waals surface area contributed by atoms with Crippen LogP contribution in [0.4, 0.5) is 0 Å². The van der Waals surface area contributed by atoms with E-state index in [0.29, 0.717) is 6.04 Å². The number of piperidine rings is 1. The van der Waals surface area contributed by atoms with Crippen molar-refractivity contribution in [1.82, 2.24) is 0 Å². The first-order valence-corrected chi connectivity index (χ1v) is 8.15. The molecule has 0 aromatic heterocycles. The van der Waals surface area contributed by atoms with Crippen LogP contribution in [-0.4, -0.2) is 52.6 Å². The van der Waals surface area contributed by atoms with Crippen LogP contribution in [0.3, 0.4) is 0 Å². The quantitative estimate of drug-likeness (QED) is 0.603. The van der Waals surface area contributed by atoms with E-state index in [4.69, 9.17) is 0 Å². The van der Waals surface area contributed by atoms with Crippen molar-refractivity contribution in [2.75, 3.05) is 20.6 Å². The average molecular weight is 282 g/mol. The standard InChI is InChI=1S/C17H32NO2/c1-14-13-18(3,4)15(2)12-17(14,20)11-10-16(19)8-6-5-7-9-16/h10-11,14-15,19-20H,5-9,12-13H2,1-4H3/q+1/b11-10+/t14-,15+,17-/m1/s1. The second kappa shape index (κ2) is 5.43. The summed E-state index contributed by atoms with van der Waals surface area (Å²) in [5.41, 5.74) is -1.45. The van der Waals surface area contributed by atoms with Crippen LogP contribution < -0.4 is 0 Å². The molecule has 0 amide bonds. The molecule has 1 saturated heterocycles. The Morgan fingerprint density at radius 1 is 1.00 bits per heavy atom. The molecule has 0 aromatic rings. The highest BCUT2D eigenvalue weighted by Gasteiger charge is 2.46. The molecule has 116 valence electrons. The SMILES string of the molecule is C[C@@H]1C[N+](C)(C)[C@@H](C)C[C@]1(O)/C=C/C1(O)CCCCC1. The zero-order valence-corrected chi connectivity index (χ0v) is 13.6. The van der Waals surface area contributed by atoms with Gasteiger partial charge in [-0.05, 0) is 19.8 Å². The number of hydrogen-bond donors (Lipinski definition) is 2. The molecule has 3 nitrogen and oxygen atoms in total. The molecule has 0 unspecified atom stereocenters. The second-order valence-electron chi connectivity index (χ2n) is 7.90. The number of rotatable bonds is 2. The lowest BCUT2D eigenvalue weighted by molar-refractivity contribution is -0.924. The van der Waals surface area contributed by atoms with E-state index >= 15 is 0 Å². The van der Waals surface area contributed by atoms with Crippen molar-refractivity contribution in [3.63, 3.8) is 0 Å². The first kappa shape index (κ1) is 16.0. The van der Waals surface area contributed by atoms with E-state index in [1.54, 1.807) is 0 Å². The molecule has 0 radical (unpaired) electrons. The summed E-state index contributed by atoms with van der Waals surface area (Å²) in [6.45, 7) is 5.31. The molecule has 3 heteroatoms. The van der Waals surface area contributed by atoms with Gasteiger partial charge in [-0.25, -0.2) is 0 Å². The van der Waals surface area contributed by atoms with Crippen molar-refractivity contribution in [3.8, 4) is 0 Å². The fraction of sp³-hybridized carbons (Fsp3) is 0.882. The maximum atomic E-state index is 11.0. The maximum Gasteiger partial charge on any atom is 0.0963 e. The van der Waals surface area contributed by atoms with E-state index in [1.807, 2.05) is 12.2 Å². The van der Waals surface area contributed by atoms with Gasteiger partial charge in [0.1, 0.15) is 0 Å². The van der Waals surface area contributed by atoms with Gasteiger partial charge >= 0.3 is 0 Å². The van der Waals surface area contributed by atoms with Gasteiger partial charge in [0.15, 0.2) is 0 Å². The van der Waals surface area contributed by atoms with Gasteiger partial charge in [0.2, 0.25) is 0 Å². The van der Waals surface area contributed by atoms with Crippen molar-refractivity contribution >= 4 is 0 Å². The molecule has 1 aliphatic heterocycles. The minimum absolute atomic E-state index is 0.220. The van der Waals surface area contributed by atoms with Crippen LogP contribution in [0.15, 0.2) is 12.2 Å². The van der Waals surface area contributed by atoms with E-state index in [0.717, 1.165) is 43.1 Å². The highest BCUT2D eigenvalue weighted by molar-refractivity contribution is 5.12. The molecule has 2 rings (SSSR count). The summed E-state index contributed by atoms with van der Waals surface area (Å²) in [7, 11) is 4.47. The van der Waals surface area contributed by atoms with Gasteiger partial charge in [0.05, 0.1) is 37.9 Å². The Morgan fingerprint density at radius 3 is 2.20 bits per heavy atom. The van der Waals surface area contributed by atoms with Crippen LogP contribution in [0.5, 0.6) is 0 Å². The highest BCUT2D eigenvalue weighted by Crippen LogP contribution is 2.37. The molecule has 2 aliphatic rings. The zero-order chi connectivity index (χ0) is 15.0. The van der Waals surface area contributed by atoms with Gasteiger partial charge in [0, 0.05) is 12.3 Å². The van der Waals surface area contributed by atoms with Crippen LogP contribution in [0.25, 0.3) is 0 Å². The Balaban J connectivity index is 2.10.